The van der Waals surface area contributed by atoms with Crippen molar-refractivity contribution in [1.82, 2.24) is 40.1 Å². The molecule has 18 heteroatoms. The van der Waals surface area contributed by atoms with Crippen molar-refractivity contribution in [3.63, 3.8) is 0 Å². The van der Waals surface area contributed by atoms with Crippen molar-refractivity contribution in [1.29, 1.82) is 5.26 Å². The number of halogens is 4. The van der Waals surface area contributed by atoms with Gasteiger partial charge in [-0.25, -0.2) is 14.4 Å². The number of anilines is 2. The molecule has 0 radical (unpaired) electrons. The van der Waals surface area contributed by atoms with Crippen molar-refractivity contribution < 1.29 is 36.7 Å². The van der Waals surface area contributed by atoms with Gasteiger partial charge in [0, 0.05) is 55.9 Å². The number of rotatable bonds is 11. The molecule has 1 aliphatic heterocycles. The van der Waals surface area contributed by atoms with Gasteiger partial charge in [0.25, 0.3) is 12.4 Å². The second-order valence-corrected chi connectivity index (χ2v) is 11.6. The fourth-order valence-corrected chi connectivity index (χ4v) is 6.27. The molecule has 0 spiro atoms. The number of imidazole rings is 1. The van der Waals surface area contributed by atoms with E-state index in [1.165, 1.54) is 36.0 Å². The highest BCUT2D eigenvalue weighted by Gasteiger charge is 2.73. The van der Waals surface area contributed by atoms with E-state index in [0.29, 0.717) is 19.6 Å². The summed E-state index contributed by atoms with van der Waals surface area (Å²) < 4.78 is 64.1. The van der Waals surface area contributed by atoms with Gasteiger partial charge in [0.15, 0.2) is 17.2 Å². The largest absolute Gasteiger partial charge is 0.459 e. The summed E-state index contributed by atoms with van der Waals surface area (Å²) in [4.78, 5) is 45.1. The first-order valence-corrected chi connectivity index (χ1v) is 14.7. The number of hydrogen-bond acceptors (Lipinski definition) is 10. The Morgan fingerprint density at radius 1 is 1.31 bits per heavy atom. The van der Waals surface area contributed by atoms with Crippen LogP contribution in [0, 0.1) is 35.9 Å². The Morgan fingerprint density at radius 3 is 2.81 bits per heavy atom. The van der Waals surface area contributed by atoms with Gasteiger partial charge in [0.1, 0.15) is 18.0 Å². The fourth-order valence-electron chi connectivity index (χ4n) is 6.27. The summed E-state index contributed by atoms with van der Waals surface area (Å²) in [6.45, 7) is 4.12. The lowest BCUT2D eigenvalue weighted by atomic mass is 10.1. The van der Waals surface area contributed by atoms with Crippen molar-refractivity contribution >= 4 is 35.4 Å². The van der Waals surface area contributed by atoms with Gasteiger partial charge in [0.2, 0.25) is 5.91 Å². The summed E-state index contributed by atoms with van der Waals surface area (Å²) in [7, 11) is 0. The molecule has 4 heterocycles. The molecule has 4 N–H and O–H groups in total. The van der Waals surface area contributed by atoms with Crippen molar-refractivity contribution in [2.24, 2.45) is 11.8 Å². The van der Waals surface area contributed by atoms with Crippen LogP contribution in [0.5, 0.6) is 0 Å². The van der Waals surface area contributed by atoms with Crippen LogP contribution in [0.2, 0.25) is 0 Å². The summed E-state index contributed by atoms with van der Waals surface area (Å²) in [5.74, 6) is -2.36. The first-order valence-electron chi connectivity index (χ1n) is 14.7. The molecule has 48 heavy (non-hydrogen) atoms. The van der Waals surface area contributed by atoms with E-state index in [1.54, 1.807) is 13.0 Å². The van der Waals surface area contributed by atoms with Crippen LogP contribution in [-0.2, 0) is 27.0 Å². The molecule has 1 aliphatic carbocycles. The van der Waals surface area contributed by atoms with Gasteiger partial charge in [0.05, 0.1) is 35.0 Å². The van der Waals surface area contributed by atoms with E-state index in [4.69, 9.17) is 10.00 Å². The van der Waals surface area contributed by atoms with Crippen LogP contribution in [0.3, 0.4) is 0 Å². The van der Waals surface area contributed by atoms with Crippen LogP contribution in [0.1, 0.15) is 28.5 Å². The zero-order valence-corrected chi connectivity index (χ0v) is 25.4. The Kier molecular flexibility index (Phi) is 8.24. The predicted molar refractivity (Wildman–Crippen MR) is 159 cm³/mol. The Labute approximate surface area is 269 Å². The molecule has 4 aromatic rings. The van der Waals surface area contributed by atoms with Crippen molar-refractivity contribution in [2.45, 2.75) is 38.2 Å². The molecule has 2 amide bonds. The highest BCUT2D eigenvalue weighted by Crippen LogP contribution is 2.55. The summed E-state index contributed by atoms with van der Waals surface area (Å²) >= 11 is 0. The first-order chi connectivity index (χ1) is 22.9. The number of amides is 2. The van der Waals surface area contributed by atoms with Crippen LogP contribution in [0.4, 0.5) is 29.1 Å². The number of aryl methyl sites for hydroxylation is 1. The van der Waals surface area contributed by atoms with E-state index in [9.17, 15) is 27.6 Å². The number of nitriles is 1. The van der Waals surface area contributed by atoms with Crippen molar-refractivity contribution in [3.05, 3.63) is 59.6 Å². The average molecular weight is 669 g/mol. The third-order valence-corrected chi connectivity index (χ3v) is 8.47. The Hall–Kier alpha value is -5.57. The number of fused-ring (bicyclic) bond motifs is 2. The summed E-state index contributed by atoms with van der Waals surface area (Å²) in [6, 6.07) is 3.76. The smallest absolute Gasteiger partial charge is 0.435 e. The number of nitrogens with one attached hydrogen (secondary N) is 4. The molecule has 250 valence electrons. The van der Waals surface area contributed by atoms with Crippen molar-refractivity contribution in [2.75, 3.05) is 25.0 Å². The Morgan fingerprint density at radius 2 is 2.10 bits per heavy atom. The summed E-state index contributed by atoms with van der Waals surface area (Å²) in [6.07, 6.45) is 0.236. The van der Waals surface area contributed by atoms with E-state index in [0.717, 1.165) is 16.9 Å². The minimum absolute atomic E-state index is 0.0393. The topological polar surface area (TPSA) is 180 Å². The molecule has 6 rings (SSSR count). The first kappa shape index (κ1) is 32.4. The molecule has 1 saturated carbocycles. The third-order valence-electron chi connectivity index (χ3n) is 8.47. The molecular formula is C30H28F4N10O4. The highest BCUT2D eigenvalue weighted by molar-refractivity contribution is 5.97. The van der Waals surface area contributed by atoms with E-state index in [1.807, 2.05) is 0 Å². The normalized spacial score (nSPS) is 20.4. The zero-order valence-electron chi connectivity index (χ0n) is 25.4. The molecular weight excluding hydrogens is 640 g/mol. The Balaban J connectivity index is 1.14. The molecule has 0 bridgehead atoms. The number of carbonyl (C=O) groups excluding carboxylic acids is 3. The number of nitrogens with zero attached hydrogens (tertiary/aromatic N) is 6. The lowest BCUT2D eigenvalue weighted by Crippen LogP contribution is -2.44. The monoisotopic (exact) mass is 668 g/mol. The quantitative estimate of drug-likeness (QED) is 0.137. The van der Waals surface area contributed by atoms with Crippen LogP contribution in [-0.4, -0.2) is 73.7 Å². The predicted octanol–water partition coefficient (Wildman–Crippen LogP) is 2.32. The molecule has 1 saturated heterocycles. The van der Waals surface area contributed by atoms with Crippen LogP contribution < -0.4 is 21.3 Å². The lowest BCUT2D eigenvalue weighted by molar-refractivity contribution is -0.141. The number of piperidine rings is 1. The fraction of sp³-hybridized carbons (Fsp3) is 0.367. The maximum Gasteiger partial charge on any atom is 0.435 e. The molecule has 4 atom stereocenters. The van der Waals surface area contributed by atoms with E-state index >= 15 is 4.39 Å². The molecule has 2 fully saturated rings. The lowest BCUT2D eigenvalue weighted by Gasteiger charge is -2.18. The summed E-state index contributed by atoms with van der Waals surface area (Å²) in [5.41, 5.74) is -1.91. The molecule has 0 unspecified atom stereocenters. The minimum atomic E-state index is -4.80. The van der Waals surface area contributed by atoms with Gasteiger partial charge >= 0.3 is 6.18 Å². The second kappa shape index (κ2) is 12.2. The maximum absolute atomic E-state index is 15.4. The number of carbonyl (C=O) groups is 3. The summed E-state index contributed by atoms with van der Waals surface area (Å²) in [5, 5.41) is 23.9. The minimum Gasteiger partial charge on any atom is -0.459 e. The second-order valence-electron chi connectivity index (χ2n) is 11.6. The average Bonchev–Trinajstić information content (AvgIpc) is 3.45. The van der Waals surface area contributed by atoms with Crippen LogP contribution in [0.15, 0.2) is 36.9 Å². The zero-order chi connectivity index (χ0) is 34.4. The standard InChI is InChI=1S/C30H28F4N10O4/c1-15-7-17(8-20(31)22(15)27(46)40-16(2)9-39-28(47)23-19-10-36-13-29(19,23)48-14-45)41-25-26-38-11-21(44(26)6-4-37-25)18-12-43(5-3-35)42-24(18)30(32,33)34/h4,6-8,11-12,14,16,19,23,36H,5,9-10,13H2,1-2H3,(H,37,41)(H,39,47)(H,40,46)/t16-,19-,23+,29-/m1/s1. The maximum atomic E-state index is 15.4. The number of ether oxygens (including phenoxy) is 1. The number of benzene rings is 1. The third kappa shape index (κ3) is 5.76. The number of alkyl halides is 3. The van der Waals surface area contributed by atoms with Crippen molar-refractivity contribution in [3.8, 4) is 17.3 Å². The van der Waals surface area contributed by atoms with Gasteiger partial charge in [-0.3, -0.25) is 23.5 Å². The van der Waals surface area contributed by atoms with Crippen LogP contribution >= 0.6 is 0 Å². The SMILES string of the molecule is Cc1cc(Nc2nccn3c(-c4cn(CC#N)nc4C(F)(F)F)cnc23)cc(F)c1C(=O)N[C@H](C)CNC(=O)[C@@H]1[C@H]2CNC[C@@]21OC=O. The molecule has 3 aromatic heterocycles. The highest BCUT2D eigenvalue weighted by atomic mass is 19.4. The van der Waals surface area contributed by atoms with Gasteiger partial charge in [-0.2, -0.15) is 23.5 Å². The molecule has 1 aromatic carbocycles. The van der Waals surface area contributed by atoms with Gasteiger partial charge in [-0.15, -0.1) is 0 Å². The Bertz CT molecular complexity index is 1950. The number of hydrogen-bond donors (Lipinski definition) is 4. The van der Waals surface area contributed by atoms with E-state index in [2.05, 4.69) is 36.3 Å². The van der Waals surface area contributed by atoms with E-state index < -0.39 is 41.2 Å². The van der Waals surface area contributed by atoms with Gasteiger partial charge in [-0.1, -0.05) is 0 Å². The van der Waals surface area contributed by atoms with Gasteiger partial charge < -0.3 is 26.0 Å². The number of aromatic nitrogens is 5. The van der Waals surface area contributed by atoms with Crippen LogP contribution in [0.25, 0.3) is 16.9 Å². The van der Waals surface area contributed by atoms with Gasteiger partial charge in [-0.05, 0) is 31.5 Å². The molecule has 2 aliphatic rings. The van der Waals surface area contributed by atoms with E-state index in [-0.39, 0.29) is 64.5 Å². The molecule has 14 nitrogen and oxygen atoms in total.